The molecule has 9 heavy (non-hydrogen) atoms. The molecule has 0 fully saturated rings. The maximum atomic E-state index is 5.10. The summed E-state index contributed by atoms with van der Waals surface area (Å²) in [4.78, 5) is 3.10. The first kappa shape index (κ1) is 9.10. The van der Waals surface area contributed by atoms with Crippen molar-refractivity contribution in [3.05, 3.63) is 0 Å². The van der Waals surface area contributed by atoms with Crippen LogP contribution in [0.2, 0.25) is 0 Å². The molecule has 0 unspecified atom stereocenters. The highest BCUT2D eigenvalue weighted by atomic mass is 28.2. The molecule has 0 heterocycles. The summed E-state index contributed by atoms with van der Waals surface area (Å²) in [5, 5.41) is 0. The Morgan fingerprint density at radius 1 is 1.33 bits per heavy atom. The summed E-state index contributed by atoms with van der Waals surface area (Å²) in [6.07, 6.45) is 0. The lowest BCUT2D eigenvalue weighted by Crippen LogP contribution is -2.43. The van der Waals surface area contributed by atoms with Crippen LogP contribution < -0.4 is 4.98 Å². The van der Waals surface area contributed by atoms with E-state index in [1.807, 2.05) is 14.0 Å². The molecule has 0 aliphatic carbocycles. The molecule has 0 saturated heterocycles. The van der Waals surface area contributed by atoms with Crippen molar-refractivity contribution in [2.24, 2.45) is 0 Å². The van der Waals surface area contributed by atoms with E-state index >= 15 is 0 Å². The summed E-state index contributed by atoms with van der Waals surface area (Å²) in [6, 6.07) is 0. The van der Waals surface area contributed by atoms with Crippen molar-refractivity contribution in [2.75, 3.05) is 21.3 Å². The molecule has 56 valence electrons. The van der Waals surface area contributed by atoms with Gasteiger partial charge in [0.25, 0.3) is 0 Å². The maximum absolute atomic E-state index is 5.10. The van der Waals surface area contributed by atoms with Gasteiger partial charge in [0.15, 0.2) is 15.1 Å². The lowest BCUT2D eigenvalue weighted by molar-refractivity contribution is -0.131. The van der Waals surface area contributed by atoms with Crippen molar-refractivity contribution in [1.82, 2.24) is 4.98 Å². The highest BCUT2D eigenvalue weighted by molar-refractivity contribution is 6.35. The van der Waals surface area contributed by atoms with Crippen LogP contribution in [0.25, 0.3) is 0 Å². The Labute approximate surface area is 58.6 Å². The smallest absolute Gasteiger partial charge is 0.162 e. The van der Waals surface area contributed by atoms with Gasteiger partial charge in [-0.2, -0.15) is 0 Å². The van der Waals surface area contributed by atoms with Crippen LogP contribution in [0.3, 0.4) is 0 Å². The Hall–Kier alpha value is 0.0969. The lowest BCUT2D eigenvalue weighted by atomic mass is 10.7. The fourth-order valence-electron chi connectivity index (χ4n) is 0.549. The normalized spacial score (nSPS) is 13.3. The standard InChI is InChI=1S/C5H15NO2Si/c1-5(7-3,8-4)9-6-2/h6H,9H2,1-4H3. The number of nitrogens with one attached hydrogen (secondary N) is 1. The Kier molecular flexibility index (Phi) is 4.04. The highest BCUT2D eigenvalue weighted by Crippen LogP contribution is 2.04. The minimum atomic E-state index is -0.455. The van der Waals surface area contributed by atoms with E-state index in [2.05, 4.69) is 4.98 Å². The van der Waals surface area contributed by atoms with Gasteiger partial charge in [0.2, 0.25) is 0 Å². The second-order valence-electron chi connectivity index (χ2n) is 2.07. The molecule has 1 N–H and O–H groups in total. The first-order valence-corrected chi connectivity index (χ1v) is 4.35. The second-order valence-corrected chi connectivity index (χ2v) is 4.42. The maximum Gasteiger partial charge on any atom is 0.162 e. The topological polar surface area (TPSA) is 30.5 Å². The van der Waals surface area contributed by atoms with Crippen molar-refractivity contribution in [3.8, 4) is 0 Å². The van der Waals surface area contributed by atoms with Gasteiger partial charge in [-0.25, -0.2) is 0 Å². The van der Waals surface area contributed by atoms with Gasteiger partial charge < -0.3 is 14.5 Å². The zero-order chi connectivity index (χ0) is 7.33. The average Bonchev–Trinajstić information content (AvgIpc) is 1.89. The van der Waals surface area contributed by atoms with Crippen LogP contribution in [-0.2, 0) is 9.47 Å². The average molecular weight is 149 g/mol. The predicted molar refractivity (Wildman–Crippen MR) is 40.0 cm³/mol. The van der Waals surface area contributed by atoms with Crippen LogP contribution >= 0.6 is 0 Å². The lowest BCUT2D eigenvalue weighted by Gasteiger charge is -2.25. The van der Waals surface area contributed by atoms with Crippen LogP contribution in [0.15, 0.2) is 0 Å². The van der Waals surface area contributed by atoms with Gasteiger partial charge in [-0.15, -0.1) is 0 Å². The number of ether oxygens (including phenoxy) is 2. The Morgan fingerprint density at radius 2 is 1.78 bits per heavy atom. The molecular weight excluding hydrogens is 134 g/mol. The third-order valence-electron chi connectivity index (χ3n) is 1.36. The number of methoxy groups -OCH3 is 2. The van der Waals surface area contributed by atoms with E-state index in [4.69, 9.17) is 9.47 Å². The van der Waals surface area contributed by atoms with E-state index in [0.717, 1.165) is 0 Å². The van der Waals surface area contributed by atoms with E-state index < -0.39 is 9.68 Å². The minimum absolute atomic E-state index is 0.339. The molecule has 0 aromatic rings. The van der Waals surface area contributed by atoms with Gasteiger partial charge in [-0.1, -0.05) is 0 Å². The first-order valence-electron chi connectivity index (χ1n) is 2.93. The van der Waals surface area contributed by atoms with Gasteiger partial charge in [0.05, 0.1) is 0 Å². The molecule has 4 heteroatoms. The summed E-state index contributed by atoms with van der Waals surface area (Å²) in [5.74, 6) is 0. The van der Waals surface area contributed by atoms with Crippen LogP contribution in [0.4, 0.5) is 0 Å². The summed E-state index contributed by atoms with van der Waals surface area (Å²) < 4.78 is 10.2. The van der Waals surface area contributed by atoms with Crippen molar-refractivity contribution in [2.45, 2.75) is 12.3 Å². The molecule has 0 radical (unpaired) electrons. The van der Waals surface area contributed by atoms with Crippen molar-refractivity contribution in [3.63, 3.8) is 0 Å². The minimum Gasteiger partial charge on any atom is -0.356 e. The zero-order valence-corrected chi connectivity index (χ0v) is 7.94. The molecule has 0 saturated carbocycles. The van der Waals surface area contributed by atoms with Crippen molar-refractivity contribution in [1.29, 1.82) is 0 Å². The Bertz CT molecular complexity index is 75.4. The molecular formula is C5H15NO2Si. The van der Waals surface area contributed by atoms with Crippen molar-refractivity contribution >= 4 is 9.68 Å². The molecule has 0 bridgehead atoms. The van der Waals surface area contributed by atoms with Crippen LogP contribution in [0, 0.1) is 0 Å². The van der Waals surface area contributed by atoms with Gasteiger partial charge in [-0.05, 0) is 14.0 Å². The molecule has 0 spiro atoms. The van der Waals surface area contributed by atoms with Gasteiger partial charge in [0.1, 0.15) is 0 Å². The summed E-state index contributed by atoms with van der Waals surface area (Å²) in [6.45, 7) is 1.94. The molecule has 0 aliphatic rings. The van der Waals surface area contributed by atoms with E-state index in [1.165, 1.54) is 0 Å². The Balaban J connectivity index is 3.62. The van der Waals surface area contributed by atoms with E-state index in [1.54, 1.807) is 14.2 Å². The molecule has 3 nitrogen and oxygen atoms in total. The van der Waals surface area contributed by atoms with Gasteiger partial charge in [0, 0.05) is 14.2 Å². The fraction of sp³-hybridized carbons (Fsp3) is 1.00. The molecule has 0 aromatic carbocycles. The summed E-state index contributed by atoms with van der Waals surface area (Å²) in [5.41, 5.74) is -0.339. The highest BCUT2D eigenvalue weighted by Gasteiger charge is 2.21. The third-order valence-corrected chi connectivity index (χ3v) is 2.93. The molecule has 0 atom stereocenters. The van der Waals surface area contributed by atoms with Crippen molar-refractivity contribution < 1.29 is 9.47 Å². The number of rotatable bonds is 4. The van der Waals surface area contributed by atoms with E-state index in [0.29, 0.717) is 0 Å². The van der Waals surface area contributed by atoms with Gasteiger partial charge >= 0.3 is 0 Å². The van der Waals surface area contributed by atoms with Crippen LogP contribution in [0.1, 0.15) is 6.92 Å². The fourth-order valence-corrected chi connectivity index (χ4v) is 1.48. The van der Waals surface area contributed by atoms with Crippen LogP contribution in [-0.4, -0.2) is 36.4 Å². The zero-order valence-electron chi connectivity index (χ0n) is 6.52. The largest absolute Gasteiger partial charge is 0.356 e. The van der Waals surface area contributed by atoms with E-state index in [9.17, 15) is 0 Å². The van der Waals surface area contributed by atoms with Crippen LogP contribution in [0.5, 0.6) is 0 Å². The third kappa shape index (κ3) is 2.95. The number of hydrogen-bond acceptors (Lipinski definition) is 3. The quantitative estimate of drug-likeness (QED) is 0.422. The molecule has 0 aliphatic heterocycles. The van der Waals surface area contributed by atoms with Gasteiger partial charge in [-0.3, -0.25) is 0 Å². The summed E-state index contributed by atoms with van der Waals surface area (Å²) in [7, 11) is 4.79. The van der Waals surface area contributed by atoms with E-state index in [-0.39, 0.29) is 5.41 Å². The SMILES string of the molecule is CN[SiH2]C(C)(OC)OC. The predicted octanol–water partition coefficient (Wildman–Crippen LogP) is -0.744. The molecule has 0 aromatic heterocycles. The Morgan fingerprint density at radius 3 is 1.89 bits per heavy atom. The monoisotopic (exact) mass is 149 g/mol. The second kappa shape index (κ2) is 4.00. The number of hydrogen-bond donors (Lipinski definition) is 1. The molecule has 0 rings (SSSR count). The summed E-state index contributed by atoms with van der Waals surface area (Å²) >= 11 is 0. The first-order chi connectivity index (χ1) is 4.18. The molecule has 0 amide bonds.